The molecule has 1 fully saturated rings. The second kappa shape index (κ2) is 7.57. The maximum absolute atomic E-state index is 12.0. The minimum atomic E-state index is -0.527. The molecule has 1 aromatic rings. The van der Waals surface area contributed by atoms with Gasteiger partial charge in [0.05, 0.1) is 17.4 Å². The Kier molecular flexibility index (Phi) is 5.51. The summed E-state index contributed by atoms with van der Waals surface area (Å²) in [5.41, 5.74) is -0.0694. The Bertz CT molecular complexity index is 578. The quantitative estimate of drug-likeness (QED) is 0.479. The van der Waals surface area contributed by atoms with Gasteiger partial charge in [0.2, 0.25) is 0 Å². The minimum absolute atomic E-state index is 0.0694. The lowest BCUT2D eigenvalue weighted by atomic mass is 9.97. The van der Waals surface area contributed by atoms with Crippen LogP contribution in [-0.4, -0.2) is 41.6 Å². The number of carbonyl (C=O) groups excluding carboxylic acids is 2. The number of piperidine rings is 1. The Hall–Kier alpha value is -2.64. The highest BCUT2D eigenvalue weighted by atomic mass is 16.6. The van der Waals surface area contributed by atoms with Gasteiger partial charge < -0.3 is 14.4 Å². The molecule has 0 unspecified atom stereocenters. The van der Waals surface area contributed by atoms with E-state index in [2.05, 4.69) is 0 Å². The minimum Gasteiger partial charge on any atom is -0.466 e. The van der Waals surface area contributed by atoms with Gasteiger partial charge in [-0.1, -0.05) is 0 Å². The van der Waals surface area contributed by atoms with Crippen molar-refractivity contribution in [1.82, 2.24) is 4.90 Å². The Morgan fingerprint density at radius 2 is 1.87 bits per heavy atom. The fraction of sp³-hybridized carbons (Fsp3) is 0.467. The third-order valence-electron chi connectivity index (χ3n) is 3.63. The molecule has 1 heterocycles. The molecule has 0 spiro atoms. The predicted molar refractivity (Wildman–Crippen MR) is 80.1 cm³/mol. The molecule has 0 N–H and O–H groups in total. The van der Waals surface area contributed by atoms with Crippen LogP contribution in [0.4, 0.5) is 10.5 Å². The van der Waals surface area contributed by atoms with Crippen LogP contribution in [0.5, 0.6) is 5.75 Å². The lowest BCUT2D eigenvalue weighted by Crippen LogP contribution is -2.42. The summed E-state index contributed by atoms with van der Waals surface area (Å²) in [6.07, 6.45) is 0.545. The van der Waals surface area contributed by atoms with Crippen molar-refractivity contribution in [2.24, 2.45) is 5.92 Å². The largest absolute Gasteiger partial charge is 0.466 e. The maximum atomic E-state index is 12.0. The zero-order valence-electron chi connectivity index (χ0n) is 12.8. The summed E-state index contributed by atoms with van der Waals surface area (Å²) in [6.45, 7) is 2.93. The van der Waals surface area contributed by atoms with Crippen LogP contribution in [0.2, 0.25) is 0 Å². The predicted octanol–water partition coefficient (Wildman–Crippen LogP) is 2.37. The molecule has 1 aliphatic heterocycles. The number of hydrogen-bond acceptors (Lipinski definition) is 6. The highest BCUT2D eigenvalue weighted by Gasteiger charge is 2.29. The van der Waals surface area contributed by atoms with E-state index in [0.717, 1.165) is 0 Å². The zero-order chi connectivity index (χ0) is 16.8. The van der Waals surface area contributed by atoms with Crippen molar-refractivity contribution in [1.29, 1.82) is 0 Å². The summed E-state index contributed by atoms with van der Waals surface area (Å²) >= 11 is 0. The molecule has 0 saturated carbocycles. The van der Waals surface area contributed by atoms with Crippen molar-refractivity contribution in [2.45, 2.75) is 19.8 Å². The monoisotopic (exact) mass is 322 g/mol. The molecule has 1 aliphatic rings. The van der Waals surface area contributed by atoms with Gasteiger partial charge in [0.1, 0.15) is 5.75 Å². The lowest BCUT2D eigenvalue weighted by molar-refractivity contribution is -0.384. The smallest absolute Gasteiger partial charge is 0.415 e. The van der Waals surface area contributed by atoms with Crippen LogP contribution in [0.25, 0.3) is 0 Å². The van der Waals surface area contributed by atoms with Gasteiger partial charge in [-0.15, -0.1) is 0 Å². The number of amides is 1. The number of likely N-dealkylation sites (tertiary alicyclic amines) is 1. The van der Waals surface area contributed by atoms with Crippen LogP contribution in [-0.2, 0) is 9.53 Å². The second-order valence-electron chi connectivity index (χ2n) is 5.13. The molecule has 0 aliphatic carbocycles. The van der Waals surface area contributed by atoms with Crippen molar-refractivity contribution < 1.29 is 24.0 Å². The van der Waals surface area contributed by atoms with Crippen molar-refractivity contribution in [3.63, 3.8) is 0 Å². The maximum Gasteiger partial charge on any atom is 0.415 e. The molecule has 0 atom stereocenters. The molecule has 0 bridgehead atoms. The van der Waals surface area contributed by atoms with Crippen molar-refractivity contribution in [3.8, 4) is 5.75 Å². The lowest BCUT2D eigenvalue weighted by Gasteiger charge is -2.29. The standard InChI is InChI=1S/C15H18N2O6/c1-2-22-14(18)11-7-9-16(10-8-11)15(19)23-13-5-3-12(4-6-13)17(20)21/h3-6,11H,2,7-10H2,1H3. The van der Waals surface area contributed by atoms with Crippen LogP contribution >= 0.6 is 0 Å². The topological polar surface area (TPSA) is 99.0 Å². The number of ether oxygens (including phenoxy) is 2. The van der Waals surface area contributed by atoms with Crippen LogP contribution in [0.3, 0.4) is 0 Å². The van der Waals surface area contributed by atoms with Gasteiger partial charge >= 0.3 is 12.1 Å². The van der Waals surface area contributed by atoms with Gasteiger partial charge in [0.25, 0.3) is 5.69 Å². The molecule has 2 rings (SSSR count). The Labute approximate surface area is 133 Å². The van der Waals surface area contributed by atoms with Crippen molar-refractivity contribution in [3.05, 3.63) is 34.4 Å². The number of nitrogens with zero attached hydrogens (tertiary/aromatic N) is 2. The van der Waals surface area contributed by atoms with Gasteiger partial charge in [-0.2, -0.15) is 0 Å². The van der Waals surface area contributed by atoms with Gasteiger partial charge in [-0.05, 0) is 31.9 Å². The summed E-state index contributed by atoms with van der Waals surface area (Å²) in [5, 5.41) is 10.6. The summed E-state index contributed by atoms with van der Waals surface area (Å²) in [6, 6.07) is 5.30. The molecule has 8 heteroatoms. The first kappa shape index (κ1) is 16.7. The third kappa shape index (κ3) is 4.41. The van der Waals surface area contributed by atoms with E-state index in [1.165, 1.54) is 29.2 Å². The van der Waals surface area contributed by atoms with Crippen molar-refractivity contribution >= 4 is 17.7 Å². The van der Waals surface area contributed by atoms with Crippen LogP contribution in [0.1, 0.15) is 19.8 Å². The van der Waals surface area contributed by atoms with Gasteiger partial charge in [0.15, 0.2) is 0 Å². The van der Waals surface area contributed by atoms with E-state index >= 15 is 0 Å². The summed E-state index contributed by atoms with van der Waals surface area (Å²) in [4.78, 5) is 35.2. The Morgan fingerprint density at radius 1 is 1.26 bits per heavy atom. The molecular weight excluding hydrogens is 304 g/mol. The van der Waals surface area contributed by atoms with Crippen molar-refractivity contribution in [2.75, 3.05) is 19.7 Å². The molecule has 0 radical (unpaired) electrons. The molecule has 124 valence electrons. The number of rotatable bonds is 4. The first-order valence-corrected chi connectivity index (χ1v) is 7.39. The highest BCUT2D eigenvalue weighted by Crippen LogP contribution is 2.21. The summed E-state index contributed by atoms with van der Waals surface area (Å²) in [5.74, 6) is -0.164. The van der Waals surface area contributed by atoms with E-state index in [9.17, 15) is 19.7 Å². The third-order valence-corrected chi connectivity index (χ3v) is 3.63. The summed E-state index contributed by atoms with van der Waals surface area (Å²) in [7, 11) is 0. The Balaban J connectivity index is 1.85. The molecule has 8 nitrogen and oxygen atoms in total. The molecule has 1 aromatic carbocycles. The SMILES string of the molecule is CCOC(=O)C1CCN(C(=O)Oc2ccc([N+](=O)[O-])cc2)CC1. The fourth-order valence-corrected chi connectivity index (χ4v) is 2.36. The van der Waals surface area contributed by atoms with E-state index in [-0.39, 0.29) is 23.3 Å². The molecular formula is C15H18N2O6. The molecule has 23 heavy (non-hydrogen) atoms. The number of non-ortho nitro benzene ring substituents is 1. The van der Waals surface area contributed by atoms with Crippen LogP contribution in [0.15, 0.2) is 24.3 Å². The van der Waals surface area contributed by atoms with E-state index < -0.39 is 11.0 Å². The number of hydrogen-bond donors (Lipinski definition) is 0. The van der Waals surface area contributed by atoms with E-state index in [1.807, 2.05) is 0 Å². The molecule has 1 saturated heterocycles. The number of esters is 1. The van der Waals surface area contributed by atoms with Gasteiger partial charge in [-0.25, -0.2) is 4.79 Å². The van der Waals surface area contributed by atoms with E-state index in [0.29, 0.717) is 32.5 Å². The van der Waals surface area contributed by atoms with Gasteiger partial charge in [0, 0.05) is 25.2 Å². The normalized spacial score (nSPS) is 15.1. The number of nitro benzene ring substituents is 1. The number of benzene rings is 1. The van der Waals surface area contributed by atoms with Crippen LogP contribution in [0, 0.1) is 16.0 Å². The van der Waals surface area contributed by atoms with Crippen LogP contribution < -0.4 is 4.74 Å². The number of carbonyl (C=O) groups is 2. The van der Waals surface area contributed by atoms with E-state index in [1.54, 1.807) is 6.92 Å². The average Bonchev–Trinajstić information content (AvgIpc) is 2.55. The Morgan fingerprint density at radius 3 is 2.39 bits per heavy atom. The highest BCUT2D eigenvalue weighted by molar-refractivity contribution is 5.74. The van der Waals surface area contributed by atoms with Gasteiger partial charge in [-0.3, -0.25) is 14.9 Å². The number of nitro groups is 1. The fourth-order valence-electron chi connectivity index (χ4n) is 2.36. The summed E-state index contributed by atoms with van der Waals surface area (Å²) < 4.78 is 10.2. The molecule has 1 amide bonds. The van der Waals surface area contributed by atoms with E-state index in [4.69, 9.17) is 9.47 Å². The first-order valence-electron chi connectivity index (χ1n) is 7.39. The second-order valence-corrected chi connectivity index (χ2v) is 5.13. The zero-order valence-corrected chi connectivity index (χ0v) is 12.8. The first-order chi connectivity index (χ1) is 11.0. The average molecular weight is 322 g/mol. The molecule has 0 aromatic heterocycles.